The summed E-state index contributed by atoms with van der Waals surface area (Å²) in [6.45, 7) is 13.9. The predicted molar refractivity (Wildman–Crippen MR) is 182 cm³/mol. The molecule has 3 aromatic rings. The van der Waals surface area contributed by atoms with Crippen molar-refractivity contribution < 1.29 is 18.3 Å². The van der Waals surface area contributed by atoms with Crippen molar-refractivity contribution in [3.63, 3.8) is 0 Å². The lowest BCUT2D eigenvalue weighted by molar-refractivity contribution is -0.126. The number of hydrogen-bond acceptors (Lipinski definition) is 10. The lowest BCUT2D eigenvalue weighted by atomic mass is 9.71. The highest BCUT2D eigenvalue weighted by molar-refractivity contribution is 7.90. The van der Waals surface area contributed by atoms with Gasteiger partial charge in [-0.05, 0) is 88.6 Å². The zero-order valence-electron chi connectivity index (χ0n) is 27.4. The predicted octanol–water partition coefficient (Wildman–Crippen LogP) is 4.62. The van der Waals surface area contributed by atoms with Gasteiger partial charge in [0.2, 0.25) is 11.9 Å². The highest BCUT2D eigenvalue weighted by atomic mass is 32.2. The summed E-state index contributed by atoms with van der Waals surface area (Å²) < 4.78 is 24.5. The van der Waals surface area contributed by atoms with Crippen molar-refractivity contribution in [1.82, 2.24) is 19.9 Å². The molecule has 3 fully saturated rings. The maximum Gasteiger partial charge on any atom is 0.246 e. The molecule has 2 N–H and O–H groups in total. The standard InChI is InChI=1S/C34H45N7O4S/c1-7-31(42)40-16-8-9-27(40)23-10-11-28(41-22(2)26(33(41,3)4)21-46(6,44)45)25-20-36-30(19-24(23)25)37-29-12-15-35-32(38-29)39-17-13-34(5,43)14-18-39/h7,10-12,15,19-20,22,26-27,43H,1,8-9,13-14,16-18,21H2,2-6H3,(H,35,36,37,38)/t22-,26-,27-/m1/s1. The number of hydrogen-bond donors (Lipinski definition) is 2. The second kappa shape index (κ2) is 11.8. The molecular formula is C34H45N7O4S. The van der Waals surface area contributed by atoms with Crippen LogP contribution in [-0.4, -0.2) is 88.1 Å². The molecule has 3 saturated heterocycles. The first kappa shape index (κ1) is 32.2. The van der Waals surface area contributed by atoms with Gasteiger partial charge in [-0.1, -0.05) is 12.6 Å². The van der Waals surface area contributed by atoms with Gasteiger partial charge in [0.05, 0.1) is 17.4 Å². The van der Waals surface area contributed by atoms with Crippen LogP contribution in [0, 0.1) is 5.92 Å². The molecule has 0 aliphatic carbocycles. The van der Waals surface area contributed by atoms with E-state index < -0.39 is 15.4 Å². The molecule has 0 bridgehead atoms. The third kappa shape index (κ3) is 6.04. The average molecular weight is 648 g/mol. The van der Waals surface area contributed by atoms with E-state index in [0.29, 0.717) is 50.1 Å². The van der Waals surface area contributed by atoms with Gasteiger partial charge in [-0.2, -0.15) is 4.98 Å². The quantitative estimate of drug-likeness (QED) is 0.334. The van der Waals surface area contributed by atoms with Gasteiger partial charge in [0.15, 0.2) is 0 Å². The largest absolute Gasteiger partial charge is 0.390 e. The zero-order chi connectivity index (χ0) is 33.0. The van der Waals surface area contributed by atoms with Crippen LogP contribution in [0.5, 0.6) is 0 Å². The fourth-order valence-electron chi connectivity index (χ4n) is 7.77. The molecule has 3 aliphatic rings. The summed E-state index contributed by atoms with van der Waals surface area (Å²) in [6, 6.07) is 7.96. The van der Waals surface area contributed by atoms with E-state index in [9.17, 15) is 18.3 Å². The van der Waals surface area contributed by atoms with E-state index in [1.54, 1.807) is 12.3 Å². The second-order valence-corrected chi connectivity index (χ2v) is 16.2. The lowest BCUT2D eigenvalue weighted by Gasteiger charge is -2.62. The number of anilines is 4. The molecule has 0 radical (unpaired) electrons. The molecule has 11 nitrogen and oxygen atoms in total. The highest BCUT2D eigenvalue weighted by Crippen LogP contribution is 2.49. The minimum Gasteiger partial charge on any atom is -0.390 e. The molecule has 5 heterocycles. The van der Waals surface area contributed by atoms with Crippen LogP contribution in [0.1, 0.15) is 65.0 Å². The summed E-state index contributed by atoms with van der Waals surface area (Å²) >= 11 is 0. The molecule has 1 aromatic carbocycles. The maximum absolute atomic E-state index is 12.8. The Morgan fingerprint density at radius 3 is 2.52 bits per heavy atom. The Hall–Kier alpha value is -3.77. The fraction of sp³-hybridized carbons (Fsp3) is 0.529. The Kier molecular flexibility index (Phi) is 8.25. The van der Waals surface area contributed by atoms with E-state index in [1.807, 2.05) is 24.1 Å². The van der Waals surface area contributed by atoms with Crippen LogP contribution < -0.4 is 15.1 Å². The SMILES string of the molecule is C=CC(=O)N1CCC[C@@H]1c1ccc(N2[C@H](C)[C@@H](CS(C)(=O)=O)C2(C)C)c2cnc(Nc3ccnc(N4CCC(C)(O)CC4)n3)cc12. The van der Waals surface area contributed by atoms with E-state index in [4.69, 9.17) is 9.97 Å². The van der Waals surface area contributed by atoms with Crippen molar-refractivity contribution in [2.45, 2.75) is 76.6 Å². The summed E-state index contributed by atoms with van der Waals surface area (Å²) in [6.07, 6.45) is 9.33. The van der Waals surface area contributed by atoms with Crippen LogP contribution in [0.3, 0.4) is 0 Å². The molecule has 246 valence electrons. The van der Waals surface area contributed by atoms with Gasteiger partial charge >= 0.3 is 0 Å². The number of piperidine rings is 1. The number of carbonyl (C=O) groups is 1. The van der Waals surface area contributed by atoms with Crippen molar-refractivity contribution in [3.8, 4) is 0 Å². The van der Waals surface area contributed by atoms with E-state index in [-0.39, 0.29) is 35.2 Å². The second-order valence-electron chi connectivity index (χ2n) is 14.0. The summed E-state index contributed by atoms with van der Waals surface area (Å²) in [5, 5.41) is 15.7. The molecule has 3 atom stereocenters. The van der Waals surface area contributed by atoms with E-state index in [1.165, 1.54) is 12.3 Å². The first-order valence-electron chi connectivity index (χ1n) is 16.1. The Balaban J connectivity index is 1.38. The molecule has 46 heavy (non-hydrogen) atoms. The summed E-state index contributed by atoms with van der Waals surface area (Å²) in [7, 11) is -3.14. The van der Waals surface area contributed by atoms with Gasteiger partial charge in [0.25, 0.3) is 0 Å². The van der Waals surface area contributed by atoms with Crippen LogP contribution in [0.4, 0.5) is 23.3 Å². The van der Waals surface area contributed by atoms with Crippen LogP contribution in [0.25, 0.3) is 10.8 Å². The Morgan fingerprint density at radius 1 is 1.11 bits per heavy atom. The number of aromatic nitrogens is 3. The van der Waals surface area contributed by atoms with Crippen LogP contribution in [0.15, 0.2) is 49.3 Å². The van der Waals surface area contributed by atoms with E-state index >= 15 is 0 Å². The fourth-order valence-corrected chi connectivity index (χ4v) is 9.11. The van der Waals surface area contributed by atoms with Gasteiger partial charge in [0.1, 0.15) is 21.5 Å². The van der Waals surface area contributed by atoms with Crippen LogP contribution >= 0.6 is 0 Å². The van der Waals surface area contributed by atoms with Crippen molar-refractivity contribution in [2.24, 2.45) is 5.92 Å². The number of sulfone groups is 1. The third-order valence-corrected chi connectivity index (χ3v) is 11.2. The maximum atomic E-state index is 12.8. The number of carbonyl (C=O) groups excluding carboxylic acids is 1. The Morgan fingerprint density at radius 2 is 1.85 bits per heavy atom. The number of benzene rings is 1. The van der Waals surface area contributed by atoms with E-state index in [0.717, 1.165) is 34.9 Å². The summed E-state index contributed by atoms with van der Waals surface area (Å²) in [5.74, 6) is 1.87. The highest BCUT2D eigenvalue weighted by Gasteiger charge is 2.53. The number of rotatable bonds is 8. The molecule has 0 saturated carbocycles. The minimum absolute atomic E-state index is 0.0137. The number of fused-ring (bicyclic) bond motifs is 1. The molecule has 1 amide bonds. The molecule has 0 unspecified atom stereocenters. The summed E-state index contributed by atoms with van der Waals surface area (Å²) in [4.78, 5) is 33.2. The molecule has 6 rings (SSSR count). The third-order valence-electron chi connectivity index (χ3n) is 10.3. The number of amides is 1. The Labute approximate surface area is 271 Å². The lowest BCUT2D eigenvalue weighted by Crippen LogP contribution is -2.71. The molecule has 2 aromatic heterocycles. The number of nitrogens with zero attached hydrogens (tertiary/aromatic N) is 6. The minimum atomic E-state index is -3.14. The monoisotopic (exact) mass is 647 g/mol. The molecule has 12 heteroatoms. The number of likely N-dealkylation sites (tertiary alicyclic amines) is 1. The van der Waals surface area contributed by atoms with Crippen molar-refractivity contribution in [1.29, 1.82) is 0 Å². The Bertz CT molecular complexity index is 1770. The first-order valence-corrected chi connectivity index (χ1v) is 18.1. The molecular weight excluding hydrogens is 602 g/mol. The van der Waals surface area contributed by atoms with Gasteiger partial charge in [-0.15, -0.1) is 0 Å². The van der Waals surface area contributed by atoms with Crippen LogP contribution in [-0.2, 0) is 14.6 Å². The first-order chi connectivity index (χ1) is 21.7. The molecule has 3 aliphatic heterocycles. The van der Waals surface area contributed by atoms with Gasteiger partial charge in [-0.3, -0.25) is 4.79 Å². The van der Waals surface area contributed by atoms with Gasteiger partial charge in [0, 0.05) is 66.9 Å². The normalized spacial score (nSPS) is 24.1. The summed E-state index contributed by atoms with van der Waals surface area (Å²) in [5.41, 5.74) is 0.982. The topological polar surface area (TPSA) is 132 Å². The van der Waals surface area contributed by atoms with Gasteiger partial charge in [-0.25, -0.2) is 18.4 Å². The van der Waals surface area contributed by atoms with Gasteiger partial charge < -0.3 is 25.1 Å². The smallest absolute Gasteiger partial charge is 0.246 e. The zero-order valence-corrected chi connectivity index (χ0v) is 28.2. The van der Waals surface area contributed by atoms with Crippen molar-refractivity contribution >= 4 is 49.8 Å². The molecule has 0 spiro atoms. The van der Waals surface area contributed by atoms with E-state index in [2.05, 4.69) is 59.6 Å². The number of nitrogens with one attached hydrogen (secondary N) is 1. The van der Waals surface area contributed by atoms with Crippen molar-refractivity contribution in [3.05, 3.63) is 54.9 Å². The number of aliphatic hydroxyl groups is 1. The van der Waals surface area contributed by atoms with Crippen LogP contribution in [0.2, 0.25) is 0 Å². The average Bonchev–Trinajstić information content (AvgIpc) is 3.49. The van der Waals surface area contributed by atoms with Crippen molar-refractivity contribution in [2.75, 3.05) is 46.8 Å². The number of pyridine rings is 1.